The minimum atomic E-state index is -0.494. The summed E-state index contributed by atoms with van der Waals surface area (Å²) in [5.74, 6) is 2.03. The quantitative estimate of drug-likeness (QED) is 0.808. The van der Waals surface area contributed by atoms with E-state index in [-0.39, 0.29) is 12.2 Å². The van der Waals surface area contributed by atoms with Gasteiger partial charge in [0.25, 0.3) is 0 Å². The molecule has 2 N–H and O–H groups in total. The highest BCUT2D eigenvalue weighted by Crippen LogP contribution is 2.30. The van der Waals surface area contributed by atoms with Gasteiger partial charge in [-0.1, -0.05) is 0 Å². The molecule has 0 aromatic heterocycles. The molecule has 5 nitrogen and oxygen atoms in total. The molecule has 0 spiro atoms. The average Bonchev–Trinajstić information content (AvgIpc) is 2.33. The van der Waals surface area contributed by atoms with E-state index in [0.29, 0.717) is 13.2 Å². The Bertz CT molecular complexity index is 285. The van der Waals surface area contributed by atoms with Crippen LogP contribution in [0.25, 0.3) is 0 Å². The Balaban J connectivity index is 2.46. The second kappa shape index (κ2) is 7.36. The topological polar surface area (TPSA) is 67.8 Å². The highest BCUT2D eigenvalue weighted by molar-refractivity contribution is 7.99. The van der Waals surface area contributed by atoms with Crippen molar-refractivity contribution in [2.45, 2.75) is 44.8 Å². The fourth-order valence-electron chi connectivity index (χ4n) is 1.93. The predicted molar refractivity (Wildman–Crippen MR) is 76.6 cm³/mol. The molecule has 0 aliphatic carbocycles. The third-order valence-corrected chi connectivity index (χ3v) is 3.84. The molecule has 1 rings (SSSR count). The van der Waals surface area contributed by atoms with Gasteiger partial charge in [-0.3, -0.25) is 0 Å². The van der Waals surface area contributed by atoms with E-state index in [4.69, 9.17) is 14.6 Å². The SMILES string of the molecule is CC(C)(C)OC(=O)NCC1(OCCO)CCSCC1. The van der Waals surface area contributed by atoms with Crippen LogP contribution in [0, 0.1) is 0 Å². The van der Waals surface area contributed by atoms with E-state index < -0.39 is 11.7 Å². The number of hydrogen-bond acceptors (Lipinski definition) is 5. The van der Waals surface area contributed by atoms with E-state index in [0.717, 1.165) is 24.3 Å². The van der Waals surface area contributed by atoms with Gasteiger partial charge >= 0.3 is 6.09 Å². The molecule has 1 amide bonds. The zero-order valence-corrected chi connectivity index (χ0v) is 12.8. The minimum absolute atomic E-state index is 0.00132. The number of carbonyl (C=O) groups excluding carboxylic acids is 1. The molecule has 0 unspecified atom stereocenters. The Morgan fingerprint density at radius 1 is 1.37 bits per heavy atom. The lowest BCUT2D eigenvalue weighted by Crippen LogP contribution is -2.48. The van der Waals surface area contributed by atoms with Crippen LogP contribution in [0.3, 0.4) is 0 Å². The summed E-state index contributed by atoms with van der Waals surface area (Å²) in [4.78, 5) is 11.7. The van der Waals surface area contributed by atoms with E-state index in [9.17, 15) is 4.79 Å². The van der Waals surface area contributed by atoms with Crippen molar-refractivity contribution < 1.29 is 19.4 Å². The molecule has 0 aromatic rings. The molecule has 6 heteroatoms. The molecule has 0 aromatic carbocycles. The van der Waals surface area contributed by atoms with Crippen LogP contribution < -0.4 is 5.32 Å². The minimum Gasteiger partial charge on any atom is -0.444 e. The van der Waals surface area contributed by atoms with Gasteiger partial charge in [0.15, 0.2) is 0 Å². The van der Waals surface area contributed by atoms with Gasteiger partial charge in [0.2, 0.25) is 0 Å². The Morgan fingerprint density at radius 2 is 2.00 bits per heavy atom. The summed E-state index contributed by atoms with van der Waals surface area (Å²) in [6, 6.07) is 0. The summed E-state index contributed by atoms with van der Waals surface area (Å²) in [6.45, 7) is 6.25. The number of alkyl carbamates (subject to hydrolysis) is 1. The van der Waals surface area contributed by atoms with Crippen molar-refractivity contribution in [2.24, 2.45) is 0 Å². The summed E-state index contributed by atoms with van der Waals surface area (Å²) < 4.78 is 11.0. The Hall–Kier alpha value is -0.460. The summed E-state index contributed by atoms with van der Waals surface area (Å²) in [7, 11) is 0. The average molecular weight is 291 g/mol. The summed E-state index contributed by atoms with van der Waals surface area (Å²) >= 11 is 1.89. The maximum absolute atomic E-state index is 11.7. The third-order valence-electron chi connectivity index (χ3n) is 2.86. The largest absolute Gasteiger partial charge is 0.444 e. The van der Waals surface area contributed by atoms with Crippen LogP contribution in [-0.2, 0) is 9.47 Å². The molecule has 19 heavy (non-hydrogen) atoms. The number of ether oxygens (including phenoxy) is 2. The highest BCUT2D eigenvalue weighted by Gasteiger charge is 2.34. The van der Waals surface area contributed by atoms with E-state index >= 15 is 0 Å². The van der Waals surface area contributed by atoms with Crippen LogP contribution >= 0.6 is 11.8 Å². The summed E-state index contributed by atoms with van der Waals surface area (Å²) in [5.41, 5.74) is -0.851. The highest BCUT2D eigenvalue weighted by atomic mass is 32.2. The smallest absolute Gasteiger partial charge is 0.407 e. The van der Waals surface area contributed by atoms with Crippen LogP contribution in [0.5, 0.6) is 0 Å². The molecule has 0 bridgehead atoms. The molecule has 1 fully saturated rings. The molecule has 0 radical (unpaired) electrons. The predicted octanol–water partition coefficient (Wildman–Crippen LogP) is 1.79. The molecule has 1 aliphatic heterocycles. The number of nitrogens with one attached hydrogen (secondary N) is 1. The second-order valence-electron chi connectivity index (χ2n) is 5.72. The van der Waals surface area contributed by atoms with Crippen molar-refractivity contribution >= 4 is 17.9 Å². The van der Waals surface area contributed by atoms with Gasteiger partial charge in [-0.05, 0) is 45.1 Å². The van der Waals surface area contributed by atoms with Gasteiger partial charge < -0.3 is 19.9 Å². The van der Waals surface area contributed by atoms with Gasteiger partial charge in [-0.25, -0.2) is 4.79 Å². The lowest BCUT2D eigenvalue weighted by atomic mass is 9.96. The first kappa shape index (κ1) is 16.6. The molecule has 1 heterocycles. The Morgan fingerprint density at radius 3 is 2.53 bits per heavy atom. The lowest BCUT2D eigenvalue weighted by Gasteiger charge is -2.37. The van der Waals surface area contributed by atoms with E-state index in [1.54, 1.807) is 0 Å². The van der Waals surface area contributed by atoms with Gasteiger partial charge in [-0.15, -0.1) is 0 Å². The van der Waals surface area contributed by atoms with Crippen molar-refractivity contribution in [1.29, 1.82) is 0 Å². The van der Waals surface area contributed by atoms with Gasteiger partial charge in [0, 0.05) is 6.54 Å². The molecule has 1 aliphatic rings. The van der Waals surface area contributed by atoms with Crippen LogP contribution in [0.15, 0.2) is 0 Å². The molecule has 1 saturated heterocycles. The van der Waals surface area contributed by atoms with E-state index in [1.807, 2.05) is 32.5 Å². The number of aliphatic hydroxyl groups excluding tert-OH is 1. The Kier molecular flexibility index (Phi) is 6.42. The standard InChI is InChI=1S/C13H25NO4S/c1-12(2,3)18-11(16)14-10-13(17-7-6-15)4-8-19-9-5-13/h15H,4-10H2,1-3H3,(H,14,16). The molecule has 0 atom stereocenters. The van der Waals surface area contributed by atoms with Crippen molar-refractivity contribution in [1.82, 2.24) is 5.32 Å². The van der Waals surface area contributed by atoms with Crippen molar-refractivity contribution in [3.8, 4) is 0 Å². The molecule has 112 valence electrons. The Labute approximate surface area is 119 Å². The second-order valence-corrected chi connectivity index (χ2v) is 6.95. The molecule has 0 saturated carbocycles. The number of hydrogen-bond donors (Lipinski definition) is 2. The number of carbonyl (C=O) groups is 1. The first-order valence-corrected chi connectivity index (χ1v) is 7.82. The van der Waals surface area contributed by atoms with Crippen LogP contribution in [0.1, 0.15) is 33.6 Å². The number of rotatable bonds is 5. The van der Waals surface area contributed by atoms with Crippen molar-refractivity contribution in [3.63, 3.8) is 0 Å². The number of aliphatic hydroxyl groups is 1. The normalized spacial score (nSPS) is 18.9. The zero-order chi connectivity index (χ0) is 14.4. The maximum Gasteiger partial charge on any atom is 0.407 e. The molecular formula is C13H25NO4S. The van der Waals surface area contributed by atoms with Crippen molar-refractivity contribution in [2.75, 3.05) is 31.3 Å². The first-order chi connectivity index (χ1) is 8.87. The summed E-state index contributed by atoms with van der Waals surface area (Å²) in [5, 5.41) is 11.7. The van der Waals surface area contributed by atoms with Crippen LogP contribution in [-0.4, -0.2) is 53.7 Å². The van der Waals surface area contributed by atoms with Gasteiger partial charge in [-0.2, -0.15) is 11.8 Å². The fraction of sp³-hybridized carbons (Fsp3) is 0.923. The molecular weight excluding hydrogens is 266 g/mol. The number of amides is 1. The van der Waals surface area contributed by atoms with E-state index in [1.165, 1.54) is 0 Å². The van der Waals surface area contributed by atoms with Gasteiger partial charge in [0.05, 0.1) is 18.8 Å². The van der Waals surface area contributed by atoms with E-state index in [2.05, 4.69) is 5.32 Å². The van der Waals surface area contributed by atoms with Gasteiger partial charge in [0.1, 0.15) is 5.60 Å². The zero-order valence-electron chi connectivity index (χ0n) is 12.0. The van der Waals surface area contributed by atoms with Crippen molar-refractivity contribution in [3.05, 3.63) is 0 Å². The first-order valence-electron chi connectivity index (χ1n) is 6.66. The number of thioether (sulfide) groups is 1. The maximum atomic E-state index is 11.7. The van der Waals surface area contributed by atoms with Crippen LogP contribution in [0.2, 0.25) is 0 Å². The fourth-order valence-corrected chi connectivity index (χ4v) is 3.16. The third kappa shape index (κ3) is 6.49. The lowest BCUT2D eigenvalue weighted by molar-refractivity contribution is -0.0627. The van der Waals surface area contributed by atoms with Crippen LogP contribution in [0.4, 0.5) is 4.79 Å². The monoisotopic (exact) mass is 291 g/mol. The summed E-state index contributed by atoms with van der Waals surface area (Å²) in [6.07, 6.45) is 1.35.